The van der Waals surface area contributed by atoms with E-state index in [9.17, 15) is 13.2 Å². The van der Waals surface area contributed by atoms with Crippen LogP contribution >= 0.6 is 27.7 Å². The Morgan fingerprint density at radius 2 is 2.26 bits per heavy atom. The van der Waals surface area contributed by atoms with Gasteiger partial charge in [0.05, 0.1) is 17.3 Å². The van der Waals surface area contributed by atoms with Gasteiger partial charge in [0.2, 0.25) is 5.91 Å². The minimum Gasteiger partial charge on any atom is -0.325 e. The Bertz CT molecular complexity index is 574. The van der Waals surface area contributed by atoms with Crippen molar-refractivity contribution >= 4 is 49.1 Å². The first kappa shape index (κ1) is 14.9. The van der Waals surface area contributed by atoms with Crippen molar-refractivity contribution in [3.05, 3.63) is 28.7 Å². The lowest BCUT2D eigenvalue weighted by molar-refractivity contribution is -0.113. The predicted molar refractivity (Wildman–Crippen MR) is 82.3 cm³/mol. The summed E-state index contributed by atoms with van der Waals surface area (Å²) in [4.78, 5) is 11.7. The van der Waals surface area contributed by atoms with Crippen LogP contribution in [0.4, 0.5) is 5.69 Å². The van der Waals surface area contributed by atoms with Crippen LogP contribution in [-0.4, -0.2) is 36.8 Å². The minimum absolute atomic E-state index is 0.0539. The zero-order chi connectivity index (χ0) is 13.9. The number of thioether (sulfide) groups is 1. The minimum atomic E-state index is -2.87. The van der Waals surface area contributed by atoms with Crippen LogP contribution in [0, 0.1) is 0 Å². The summed E-state index contributed by atoms with van der Waals surface area (Å²) in [5.41, 5.74) is 0.735. The number of sulfone groups is 1. The molecule has 19 heavy (non-hydrogen) atoms. The largest absolute Gasteiger partial charge is 0.325 e. The summed E-state index contributed by atoms with van der Waals surface area (Å²) in [5, 5.41) is 2.84. The van der Waals surface area contributed by atoms with E-state index >= 15 is 0 Å². The zero-order valence-electron chi connectivity index (χ0n) is 10.1. The van der Waals surface area contributed by atoms with Gasteiger partial charge in [-0.05, 0) is 24.6 Å². The lowest BCUT2D eigenvalue weighted by Crippen LogP contribution is -2.17. The Morgan fingerprint density at radius 3 is 2.89 bits per heavy atom. The molecule has 1 heterocycles. The van der Waals surface area contributed by atoms with Gasteiger partial charge >= 0.3 is 0 Å². The quantitative estimate of drug-likeness (QED) is 0.891. The molecule has 1 aliphatic rings. The van der Waals surface area contributed by atoms with E-state index < -0.39 is 9.84 Å². The van der Waals surface area contributed by atoms with Crippen LogP contribution in [-0.2, 0) is 14.6 Å². The summed E-state index contributed by atoms with van der Waals surface area (Å²) >= 11 is 4.75. The van der Waals surface area contributed by atoms with Crippen molar-refractivity contribution < 1.29 is 13.2 Å². The lowest BCUT2D eigenvalue weighted by Gasteiger charge is -2.08. The molecule has 1 fully saturated rings. The number of amides is 1. The first-order chi connectivity index (χ1) is 8.94. The highest BCUT2D eigenvalue weighted by Crippen LogP contribution is 2.24. The molecule has 104 valence electrons. The molecule has 1 aromatic rings. The molecule has 1 aliphatic heterocycles. The van der Waals surface area contributed by atoms with E-state index in [2.05, 4.69) is 21.2 Å². The first-order valence-corrected chi connectivity index (χ1v) is 9.48. The molecule has 7 heteroatoms. The average Bonchev–Trinajstić information content (AvgIpc) is 2.66. The van der Waals surface area contributed by atoms with Gasteiger partial charge in [-0.15, -0.1) is 11.8 Å². The van der Waals surface area contributed by atoms with Gasteiger partial charge in [-0.3, -0.25) is 4.79 Å². The van der Waals surface area contributed by atoms with E-state index in [4.69, 9.17) is 0 Å². The molecule has 1 N–H and O–H groups in total. The number of rotatable bonds is 4. The van der Waals surface area contributed by atoms with Gasteiger partial charge < -0.3 is 5.32 Å². The number of halogens is 1. The highest BCUT2D eigenvalue weighted by Gasteiger charge is 2.28. The number of anilines is 1. The van der Waals surface area contributed by atoms with Crippen LogP contribution in [0.1, 0.15) is 6.42 Å². The van der Waals surface area contributed by atoms with Gasteiger partial charge in [0.25, 0.3) is 0 Å². The summed E-state index contributed by atoms with van der Waals surface area (Å²) in [6.07, 6.45) is 0.650. The molecule has 2 rings (SSSR count). The molecule has 0 saturated carbocycles. The maximum atomic E-state index is 11.7. The first-order valence-electron chi connectivity index (χ1n) is 5.82. The van der Waals surface area contributed by atoms with Gasteiger partial charge in [-0.25, -0.2) is 8.42 Å². The number of nitrogens with one attached hydrogen (secondary N) is 1. The predicted octanol–water partition coefficient (Wildman–Crippen LogP) is 2.31. The van der Waals surface area contributed by atoms with Crippen molar-refractivity contribution in [1.82, 2.24) is 0 Å². The summed E-state index contributed by atoms with van der Waals surface area (Å²) in [6.45, 7) is 0. The van der Waals surface area contributed by atoms with E-state index in [-0.39, 0.29) is 28.4 Å². The zero-order valence-corrected chi connectivity index (χ0v) is 13.4. The van der Waals surface area contributed by atoms with Gasteiger partial charge in [-0.2, -0.15) is 0 Å². The van der Waals surface area contributed by atoms with E-state index in [1.54, 1.807) is 0 Å². The normalized spacial score (nSPS) is 21.2. The second-order valence-corrected chi connectivity index (χ2v) is 8.83. The van der Waals surface area contributed by atoms with Crippen molar-refractivity contribution in [1.29, 1.82) is 0 Å². The van der Waals surface area contributed by atoms with Crippen LogP contribution in [0.15, 0.2) is 28.7 Å². The number of hydrogen-bond acceptors (Lipinski definition) is 4. The molecule has 4 nitrogen and oxygen atoms in total. The lowest BCUT2D eigenvalue weighted by atomic mass is 10.3. The number of carbonyl (C=O) groups excluding carboxylic acids is 1. The molecule has 0 aromatic heterocycles. The Kier molecular flexibility index (Phi) is 4.92. The van der Waals surface area contributed by atoms with Crippen molar-refractivity contribution in [3.63, 3.8) is 0 Å². The van der Waals surface area contributed by atoms with E-state index in [0.717, 1.165) is 10.2 Å². The van der Waals surface area contributed by atoms with Crippen LogP contribution in [0.2, 0.25) is 0 Å². The van der Waals surface area contributed by atoms with Crippen molar-refractivity contribution in [2.45, 2.75) is 11.7 Å². The van der Waals surface area contributed by atoms with Crippen LogP contribution in [0.5, 0.6) is 0 Å². The van der Waals surface area contributed by atoms with Crippen LogP contribution in [0.25, 0.3) is 0 Å². The molecule has 1 saturated heterocycles. The molecular weight excluding hydrogens is 350 g/mol. The monoisotopic (exact) mass is 363 g/mol. The Balaban J connectivity index is 1.79. The van der Waals surface area contributed by atoms with E-state index in [1.807, 2.05) is 24.3 Å². The van der Waals surface area contributed by atoms with Gasteiger partial charge in [0.1, 0.15) is 0 Å². The second kappa shape index (κ2) is 6.28. The fraction of sp³-hybridized carbons (Fsp3) is 0.417. The third-order valence-corrected chi connectivity index (χ3v) is 6.52. The topological polar surface area (TPSA) is 63.2 Å². The second-order valence-electron chi connectivity index (χ2n) is 4.39. The standard InChI is InChI=1S/C12H14BrNO3S2/c13-9-2-1-3-10(6-9)14-12(15)7-18-11-4-5-19(16,17)8-11/h1-3,6,11H,4-5,7-8H2,(H,14,15)/t11-/m1/s1. The highest BCUT2D eigenvalue weighted by molar-refractivity contribution is 9.10. The molecule has 0 radical (unpaired) electrons. The summed E-state index contributed by atoms with van der Waals surface area (Å²) in [6, 6.07) is 7.36. The average molecular weight is 364 g/mol. The molecule has 1 amide bonds. The Hall–Kier alpha value is -0.530. The molecule has 0 aliphatic carbocycles. The molecule has 0 unspecified atom stereocenters. The number of benzene rings is 1. The molecule has 1 aromatic carbocycles. The third-order valence-electron chi connectivity index (χ3n) is 2.75. The van der Waals surface area contributed by atoms with Crippen LogP contribution in [0.3, 0.4) is 0 Å². The van der Waals surface area contributed by atoms with Crippen LogP contribution < -0.4 is 5.32 Å². The SMILES string of the molecule is O=C(CS[C@@H]1CCS(=O)(=O)C1)Nc1cccc(Br)c1. The summed E-state index contributed by atoms with van der Waals surface area (Å²) < 4.78 is 23.5. The Labute approximate surface area is 125 Å². The third kappa shape index (κ3) is 4.81. The number of hydrogen-bond donors (Lipinski definition) is 1. The fourth-order valence-electron chi connectivity index (χ4n) is 1.85. The van der Waals surface area contributed by atoms with Gasteiger partial charge in [0.15, 0.2) is 9.84 Å². The van der Waals surface area contributed by atoms with E-state index in [1.165, 1.54) is 11.8 Å². The van der Waals surface area contributed by atoms with E-state index in [0.29, 0.717) is 6.42 Å². The fourth-order valence-corrected chi connectivity index (χ4v) is 5.69. The molecule has 1 atom stereocenters. The Morgan fingerprint density at radius 1 is 1.47 bits per heavy atom. The maximum absolute atomic E-state index is 11.7. The number of carbonyl (C=O) groups is 1. The molecule has 0 spiro atoms. The van der Waals surface area contributed by atoms with Gasteiger partial charge in [-0.1, -0.05) is 22.0 Å². The van der Waals surface area contributed by atoms with Crippen molar-refractivity contribution in [2.24, 2.45) is 0 Å². The van der Waals surface area contributed by atoms with Crippen molar-refractivity contribution in [2.75, 3.05) is 22.6 Å². The van der Waals surface area contributed by atoms with Gasteiger partial charge in [0, 0.05) is 15.4 Å². The molecular formula is C12H14BrNO3S2. The molecule has 0 bridgehead atoms. The van der Waals surface area contributed by atoms with Crippen molar-refractivity contribution in [3.8, 4) is 0 Å². The summed E-state index contributed by atoms with van der Waals surface area (Å²) in [5.74, 6) is 0.624. The highest BCUT2D eigenvalue weighted by atomic mass is 79.9. The smallest absolute Gasteiger partial charge is 0.234 e. The maximum Gasteiger partial charge on any atom is 0.234 e. The summed E-state index contributed by atoms with van der Waals surface area (Å²) in [7, 11) is -2.87.